The lowest BCUT2D eigenvalue weighted by Gasteiger charge is -2.21. The molecule has 0 bridgehead atoms. The van der Waals surface area contributed by atoms with Gasteiger partial charge in [0.05, 0.1) is 18.0 Å². The second kappa shape index (κ2) is 12.3. The Hall–Kier alpha value is -0.180. The van der Waals surface area contributed by atoms with E-state index in [2.05, 4.69) is 48.5 Å². The molecular weight excluding hydrogens is 340 g/mol. The van der Waals surface area contributed by atoms with Gasteiger partial charge in [0.25, 0.3) is 0 Å². The van der Waals surface area contributed by atoms with Crippen LogP contribution >= 0.6 is 37.9 Å². The summed E-state index contributed by atoms with van der Waals surface area (Å²) < 4.78 is 0. The molecule has 0 unspecified atom stereocenters. The van der Waals surface area contributed by atoms with Crippen molar-refractivity contribution in [3.63, 3.8) is 0 Å². The van der Waals surface area contributed by atoms with Crippen LogP contribution in [0.2, 0.25) is 0 Å². The van der Waals surface area contributed by atoms with E-state index in [1.807, 2.05) is 6.92 Å². The fraction of sp³-hybridized carbons (Fsp3) is 0.786. The van der Waals surface area contributed by atoms with Crippen molar-refractivity contribution in [1.29, 1.82) is 0 Å². The molecule has 0 radical (unpaired) electrons. The minimum Gasteiger partial charge on any atom is -0.345 e. The standard InChI is InChI=1S/C14H26N2O3S3/c1-3-12(17)11(8-22)16-14(19)9(6-20)5-13(18)10(7-21)15-4-2/h9-11,15,20-22H,3-8H2,1-2H3,(H,16,19)/t9-,10-,11-/m0/s1. The van der Waals surface area contributed by atoms with Crippen molar-refractivity contribution in [1.82, 2.24) is 10.6 Å². The molecule has 128 valence electrons. The van der Waals surface area contributed by atoms with Crippen LogP contribution in [0.1, 0.15) is 26.7 Å². The third-order valence-corrected chi connectivity index (χ3v) is 4.47. The highest BCUT2D eigenvalue weighted by Crippen LogP contribution is 2.10. The maximum atomic E-state index is 12.2. The topological polar surface area (TPSA) is 75.3 Å². The number of rotatable bonds is 12. The van der Waals surface area contributed by atoms with Gasteiger partial charge in [-0.1, -0.05) is 13.8 Å². The molecule has 22 heavy (non-hydrogen) atoms. The highest BCUT2D eigenvalue weighted by molar-refractivity contribution is 7.80. The van der Waals surface area contributed by atoms with Gasteiger partial charge in [0, 0.05) is 30.1 Å². The number of carbonyl (C=O) groups is 3. The summed E-state index contributed by atoms with van der Waals surface area (Å²) >= 11 is 12.4. The quantitative estimate of drug-likeness (QED) is 0.331. The number of nitrogens with one attached hydrogen (secondary N) is 2. The summed E-state index contributed by atoms with van der Waals surface area (Å²) in [5.74, 6) is -0.196. The van der Waals surface area contributed by atoms with Crippen LogP contribution in [0.25, 0.3) is 0 Å². The van der Waals surface area contributed by atoms with Gasteiger partial charge in [0.15, 0.2) is 11.6 Å². The van der Waals surface area contributed by atoms with Gasteiger partial charge < -0.3 is 10.6 Å². The summed E-state index contributed by atoms with van der Waals surface area (Å²) in [5.41, 5.74) is 0. The van der Waals surface area contributed by atoms with Gasteiger partial charge in [-0.25, -0.2) is 0 Å². The number of ketones is 2. The van der Waals surface area contributed by atoms with Crippen LogP contribution in [-0.4, -0.2) is 53.4 Å². The van der Waals surface area contributed by atoms with Gasteiger partial charge in [-0.3, -0.25) is 14.4 Å². The number of Topliss-reactive ketones (excluding diaryl/α,β-unsaturated/α-hetero) is 2. The van der Waals surface area contributed by atoms with Crippen LogP contribution in [0.15, 0.2) is 0 Å². The van der Waals surface area contributed by atoms with E-state index < -0.39 is 12.0 Å². The summed E-state index contributed by atoms with van der Waals surface area (Å²) in [6.07, 6.45) is 0.408. The van der Waals surface area contributed by atoms with E-state index in [0.29, 0.717) is 18.7 Å². The minimum atomic E-state index is -0.618. The van der Waals surface area contributed by atoms with E-state index in [1.54, 1.807) is 6.92 Å². The SMILES string of the molecule is CCN[C@@H](CS)C(=O)C[C@@H](CS)C(=O)N[C@@H](CS)C(=O)CC. The molecule has 8 heteroatoms. The maximum absolute atomic E-state index is 12.2. The first-order valence-corrected chi connectivity index (χ1v) is 9.26. The van der Waals surface area contributed by atoms with Crippen LogP contribution in [0.3, 0.4) is 0 Å². The van der Waals surface area contributed by atoms with Crippen LogP contribution in [0, 0.1) is 5.92 Å². The van der Waals surface area contributed by atoms with E-state index >= 15 is 0 Å². The summed E-state index contributed by atoms with van der Waals surface area (Å²) in [4.78, 5) is 36.1. The van der Waals surface area contributed by atoms with Crippen molar-refractivity contribution in [2.45, 2.75) is 38.8 Å². The number of thiol groups is 3. The Kier molecular flexibility index (Phi) is 12.2. The van der Waals surface area contributed by atoms with Crippen molar-refractivity contribution < 1.29 is 14.4 Å². The summed E-state index contributed by atoms with van der Waals surface area (Å²) in [6, 6.07) is -0.991. The fourth-order valence-electron chi connectivity index (χ4n) is 1.92. The molecule has 1 amide bonds. The van der Waals surface area contributed by atoms with Gasteiger partial charge in [0.1, 0.15) is 0 Å². The summed E-state index contributed by atoms with van der Waals surface area (Å²) in [6.45, 7) is 4.29. The third-order valence-electron chi connectivity index (χ3n) is 3.30. The normalized spacial score (nSPS) is 15.0. The molecule has 0 aliphatic heterocycles. The van der Waals surface area contributed by atoms with Crippen molar-refractivity contribution in [3.8, 4) is 0 Å². The monoisotopic (exact) mass is 366 g/mol. The van der Waals surface area contributed by atoms with Gasteiger partial charge >= 0.3 is 0 Å². The van der Waals surface area contributed by atoms with Crippen LogP contribution in [0.4, 0.5) is 0 Å². The van der Waals surface area contributed by atoms with E-state index in [4.69, 9.17) is 0 Å². The summed E-state index contributed by atoms with van der Waals surface area (Å²) in [5, 5.41) is 5.69. The average molecular weight is 367 g/mol. The molecule has 0 fully saturated rings. The molecular formula is C14H26N2O3S3. The van der Waals surface area contributed by atoms with Crippen molar-refractivity contribution in [2.24, 2.45) is 5.92 Å². The molecule has 0 saturated carbocycles. The Labute approximate surface area is 149 Å². The first-order chi connectivity index (χ1) is 10.4. The summed E-state index contributed by atoms with van der Waals surface area (Å²) in [7, 11) is 0. The van der Waals surface area contributed by atoms with Gasteiger partial charge in [-0.2, -0.15) is 37.9 Å². The fourth-order valence-corrected chi connectivity index (χ4v) is 2.84. The molecule has 0 aromatic carbocycles. The smallest absolute Gasteiger partial charge is 0.224 e. The third kappa shape index (κ3) is 7.39. The van der Waals surface area contributed by atoms with Crippen LogP contribution in [-0.2, 0) is 14.4 Å². The van der Waals surface area contributed by atoms with Crippen LogP contribution in [0.5, 0.6) is 0 Å². The Balaban J connectivity index is 4.71. The Morgan fingerprint density at radius 2 is 1.50 bits per heavy atom. The zero-order valence-corrected chi connectivity index (χ0v) is 15.7. The van der Waals surface area contributed by atoms with Crippen molar-refractivity contribution in [3.05, 3.63) is 0 Å². The van der Waals surface area contributed by atoms with Crippen molar-refractivity contribution in [2.75, 3.05) is 23.8 Å². The largest absolute Gasteiger partial charge is 0.345 e. The molecule has 0 rings (SSSR count). The lowest BCUT2D eigenvalue weighted by atomic mass is 9.99. The van der Waals surface area contributed by atoms with E-state index in [9.17, 15) is 14.4 Å². The number of carbonyl (C=O) groups excluding carboxylic acids is 3. The van der Waals surface area contributed by atoms with E-state index in [0.717, 1.165) is 0 Å². The van der Waals surface area contributed by atoms with Gasteiger partial charge in [-0.05, 0) is 6.54 Å². The molecule has 0 aliphatic carbocycles. The molecule has 0 aromatic heterocycles. The zero-order chi connectivity index (χ0) is 17.1. The Morgan fingerprint density at radius 3 is 1.91 bits per heavy atom. The van der Waals surface area contributed by atoms with Crippen LogP contribution < -0.4 is 10.6 Å². The minimum absolute atomic E-state index is 0.0738. The lowest BCUT2D eigenvalue weighted by molar-refractivity contribution is -0.131. The van der Waals surface area contributed by atoms with Crippen molar-refractivity contribution >= 4 is 55.4 Å². The Morgan fingerprint density at radius 1 is 0.909 bits per heavy atom. The van der Waals surface area contributed by atoms with Gasteiger partial charge in [0.2, 0.25) is 5.91 Å². The molecule has 0 heterocycles. The predicted molar refractivity (Wildman–Crippen MR) is 99.4 cm³/mol. The van der Waals surface area contributed by atoms with E-state index in [-0.39, 0.29) is 41.4 Å². The molecule has 2 N–H and O–H groups in total. The highest BCUT2D eigenvalue weighted by atomic mass is 32.1. The second-order valence-electron chi connectivity index (χ2n) is 4.91. The number of amides is 1. The predicted octanol–water partition coefficient (Wildman–Crippen LogP) is 0.793. The maximum Gasteiger partial charge on any atom is 0.224 e. The number of hydrogen-bond acceptors (Lipinski definition) is 7. The highest BCUT2D eigenvalue weighted by Gasteiger charge is 2.27. The molecule has 5 nitrogen and oxygen atoms in total. The number of likely N-dealkylation sites (N-methyl/N-ethyl adjacent to an activating group) is 1. The lowest BCUT2D eigenvalue weighted by Crippen LogP contribution is -2.47. The molecule has 0 saturated heterocycles. The van der Waals surface area contributed by atoms with Gasteiger partial charge in [-0.15, -0.1) is 0 Å². The molecule has 0 aromatic rings. The first kappa shape index (κ1) is 21.8. The zero-order valence-electron chi connectivity index (χ0n) is 13.0. The molecule has 3 atom stereocenters. The Bertz CT molecular complexity index is 380. The number of hydrogen-bond donors (Lipinski definition) is 5. The molecule has 0 aliphatic rings. The second-order valence-corrected chi connectivity index (χ2v) is 6.00. The van der Waals surface area contributed by atoms with E-state index in [1.165, 1.54) is 0 Å². The molecule has 0 spiro atoms. The first-order valence-electron chi connectivity index (χ1n) is 7.36. The average Bonchev–Trinajstić information content (AvgIpc) is 2.53.